The molecule has 224 valence electrons. The van der Waals surface area contributed by atoms with Crippen LogP contribution in [0.5, 0.6) is 0 Å². The topological polar surface area (TPSA) is 75.5 Å². The SMILES string of the molecule is CC(=O)Cn1c(C(=O)C2CCN(CCC(CN(C)C(=O)c3ccccc3)c3ccc(Cl)c(Cl)c3)CC2)nc2ccccc21. The summed E-state index contributed by atoms with van der Waals surface area (Å²) in [5.74, 6) is 0.255. The molecule has 1 fully saturated rings. The summed E-state index contributed by atoms with van der Waals surface area (Å²) < 4.78 is 1.77. The van der Waals surface area contributed by atoms with Gasteiger partial charge >= 0.3 is 0 Å². The van der Waals surface area contributed by atoms with Crippen molar-refractivity contribution < 1.29 is 14.4 Å². The number of carbonyl (C=O) groups is 3. The van der Waals surface area contributed by atoms with Crippen LogP contribution in [0.2, 0.25) is 10.0 Å². The number of aromatic nitrogens is 2. The Bertz CT molecular complexity index is 1610. The number of amides is 1. The number of halogens is 2. The largest absolute Gasteiger partial charge is 0.341 e. The van der Waals surface area contributed by atoms with Crippen LogP contribution in [0.15, 0.2) is 72.8 Å². The number of likely N-dealkylation sites (N-methyl/N-ethyl adjacent to an activating group) is 1. The number of rotatable bonds is 11. The molecule has 0 radical (unpaired) electrons. The highest BCUT2D eigenvalue weighted by Crippen LogP contribution is 2.30. The predicted octanol–water partition coefficient (Wildman–Crippen LogP) is 6.77. The molecule has 9 heteroatoms. The van der Waals surface area contributed by atoms with E-state index in [9.17, 15) is 14.4 Å². The number of hydrogen-bond acceptors (Lipinski definition) is 5. The highest BCUT2D eigenvalue weighted by molar-refractivity contribution is 6.42. The third-order valence-corrected chi connectivity index (χ3v) is 9.02. The maximum absolute atomic E-state index is 13.6. The Hall–Kier alpha value is -3.52. The first-order valence-electron chi connectivity index (χ1n) is 14.7. The minimum Gasteiger partial charge on any atom is -0.341 e. The van der Waals surface area contributed by atoms with E-state index in [1.54, 1.807) is 9.47 Å². The van der Waals surface area contributed by atoms with E-state index in [4.69, 9.17) is 23.2 Å². The van der Waals surface area contributed by atoms with Gasteiger partial charge in [0.1, 0.15) is 5.78 Å². The first-order valence-corrected chi connectivity index (χ1v) is 15.4. The predicted molar refractivity (Wildman–Crippen MR) is 171 cm³/mol. The number of nitrogens with zero attached hydrogens (tertiary/aromatic N) is 4. The molecule has 5 rings (SSSR count). The summed E-state index contributed by atoms with van der Waals surface area (Å²) in [5, 5.41) is 0.998. The monoisotopic (exact) mass is 618 g/mol. The Balaban J connectivity index is 1.24. The van der Waals surface area contributed by atoms with Crippen LogP contribution in [0.3, 0.4) is 0 Å². The minimum absolute atomic E-state index is 0.00633. The zero-order valence-electron chi connectivity index (χ0n) is 24.5. The van der Waals surface area contributed by atoms with E-state index < -0.39 is 0 Å². The summed E-state index contributed by atoms with van der Waals surface area (Å²) in [4.78, 5) is 47.5. The van der Waals surface area contributed by atoms with Crippen molar-refractivity contribution in [2.75, 3.05) is 33.2 Å². The van der Waals surface area contributed by atoms with Crippen LogP contribution in [-0.2, 0) is 11.3 Å². The Morgan fingerprint density at radius 3 is 2.35 bits per heavy atom. The van der Waals surface area contributed by atoms with E-state index in [0.717, 1.165) is 55.5 Å². The van der Waals surface area contributed by atoms with Gasteiger partial charge in [0.25, 0.3) is 5.91 Å². The van der Waals surface area contributed by atoms with Crippen molar-refractivity contribution in [1.82, 2.24) is 19.4 Å². The van der Waals surface area contributed by atoms with Crippen molar-refractivity contribution in [3.05, 3.63) is 99.8 Å². The molecule has 0 N–H and O–H groups in total. The molecule has 3 aromatic carbocycles. The van der Waals surface area contributed by atoms with Gasteiger partial charge in [-0.3, -0.25) is 14.4 Å². The lowest BCUT2D eigenvalue weighted by molar-refractivity contribution is -0.117. The standard InChI is InChI=1S/C34H36Cl2N4O3/c1-23(41)21-40-31-11-7-6-10-30(31)37-33(40)32(42)24-14-17-39(18-15-24)19-16-27(26-12-13-28(35)29(36)20-26)22-38(2)34(43)25-8-4-3-5-9-25/h3-13,20,24,27H,14-19,21-22H2,1-2H3. The fourth-order valence-corrected chi connectivity index (χ4v) is 6.24. The van der Waals surface area contributed by atoms with Gasteiger partial charge in [0.15, 0.2) is 5.82 Å². The molecular weight excluding hydrogens is 583 g/mol. The van der Waals surface area contributed by atoms with Gasteiger partial charge in [-0.25, -0.2) is 4.98 Å². The van der Waals surface area contributed by atoms with Crippen LogP contribution in [0.1, 0.15) is 58.6 Å². The van der Waals surface area contributed by atoms with Crippen LogP contribution in [0.25, 0.3) is 11.0 Å². The van der Waals surface area contributed by atoms with Crippen LogP contribution >= 0.6 is 23.2 Å². The van der Waals surface area contributed by atoms with Gasteiger partial charge in [-0.1, -0.05) is 59.6 Å². The van der Waals surface area contributed by atoms with E-state index >= 15 is 0 Å². The van der Waals surface area contributed by atoms with Gasteiger partial charge in [0.05, 0.1) is 27.6 Å². The number of fused-ring (bicyclic) bond motifs is 1. The summed E-state index contributed by atoms with van der Waals surface area (Å²) in [6, 6.07) is 22.5. The van der Waals surface area contributed by atoms with Crippen molar-refractivity contribution in [1.29, 1.82) is 0 Å². The summed E-state index contributed by atoms with van der Waals surface area (Å²) >= 11 is 12.6. The molecule has 1 saturated heterocycles. The second-order valence-electron chi connectivity index (χ2n) is 11.4. The zero-order valence-corrected chi connectivity index (χ0v) is 26.0. The van der Waals surface area contributed by atoms with E-state index in [0.29, 0.717) is 28.0 Å². The smallest absolute Gasteiger partial charge is 0.253 e. The number of piperidine rings is 1. The van der Waals surface area contributed by atoms with E-state index in [1.807, 2.05) is 79.8 Å². The second kappa shape index (κ2) is 13.8. The first kappa shape index (κ1) is 30.9. The normalized spacial score (nSPS) is 15.0. The quantitative estimate of drug-likeness (QED) is 0.173. The maximum Gasteiger partial charge on any atom is 0.253 e. The summed E-state index contributed by atoms with van der Waals surface area (Å²) in [6.45, 7) is 4.60. The van der Waals surface area contributed by atoms with Crippen LogP contribution in [0.4, 0.5) is 0 Å². The van der Waals surface area contributed by atoms with E-state index in [2.05, 4.69) is 9.88 Å². The van der Waals surface area contributed by atoms with Gasteiger partial charge in [-0.2, -0.15) is 0 Å². The molecule has 0 saturated carbocycles. The number of carbonyl (C=O) groups excluding carboxylic acids is 3. The van der Waals surface area contributed by atoms with Gasteiger partial charge < -0.3 is 14.4 Å². The fourth-order valence-electron chi connectivity index (χ4n) is 5.93. The van der Waals surface area contributed by atoms with E-state index in [-0.39, 0.29) is 35.9 Å². The van der Waals surface area contributed by atoms with Crippen molar-refractivity contribution in [2.45, 2.75) is 38.6 Å². The van der Waals surface area contributed by atoms with Gasteiger partial charge in [-0.15, -0.1) is 0 Å². The van der Waals surface area contributed by atoms with Crippen molar-refractivity contribution in [2.24, 2.45) is 5.92 Å². The fraction of sp³-hybridized carbons (Fsp3) is 0.353. The van der Waals surface area contributed by atoms with Gasteiger partial charge in [-0.05, 0) is 87.8 Å². The second-order valence-corrected chi connectivity index (χ2v) is 12.2. The summed E-state index contributed by atoms with van der Waals surface area (Å²) in [7, 11) is 1.83. The molecule has 1 aromatic heterocycles. The van der Waals surface area contributed by atoms with Gasteiger partial charge in [0, 0.05) is 31.0 Å². The number of imidazole rings is 1. The molecule has 4 aromatic rings. The average Bonchev–Trinajstić information content (AvgIpc) is 3.38. The molecule has 0 spiro atoms. The zero-order chi connectivity index (χ0) is 30.5. The lowest BCUT2D eigenvalue weighted by atomic mass is 9.90. The average molecular weight is 620 g/mol. The summed E-state index contributed by atoms with van der Waals surface area (Å²) in [5.41, 5.74) is 3.23. The Morgan fingerprint density at radius 2 is 1.65 bits per heavy atom. The van der Waals surface area contributed by atoms with Gasteiger partial charge in [0.2, 0.25) is 5.78 Å². The minimum atomic E-state index is -0.140. The molecule has 43 heavy (non-hydrogen) atoms. The number of hydrogen-bond donors (Lipinski definition) is 0. The molecule has 2 heterocycles. The third-order valence-electron chi connectivity index (χ3n) is 8.28. The van der Waals surface area contributed by atoms with E-state index in [1.165, 1.54) is 6.92 Å². The number of benzene rings is 3. The Morgan fingerprint density at radius 1 is 0.953 bits per heavy atom. The molecule has 0 bridgehead atoms. The van der Waals surface area contributed by atoms with Crippen molar-refractivity contribution in [3.8, 4) is 0 Å². The van der Waals surface area contributed by atoms with Crippen LogP contribution < -0.4 is 0 Å². The number of para-hydroxylation sites is 2. The van der Waals surface area contributed by atoms with Crippen molar-refractivity contribution in [3.63, 3.8) is 0 Å². The highest BCUT2D eigenvalue weighted by atomic mass is 35.5. The maximum atomic E-state index is 13.6. The third kappa shape index (κ3) is 7.35. The lowest BCUT2D eigenvalue weighted by Crippen LogP contribution is -2.39. The summed E-state index contributed by atoms with van der Waals surface area (Å²) in [6.07, 6.45) is 2.27. The molecular formula is C34H36Cl2N4O3. The molecule has 1 unspecified atom stereocenters. The highest BCUT2D eigenvalue weighted by Gasteiger charge is 2.30. The van der Waals surface area contributed by atoms with Crippen molar-refractivity contribution >= 4 is 51.7 Å². The molecule has 0 aliphatic carbocycles. The Kier molecular flexibility index (Phi) is 9.96. The number of Topliss-reactive ketones (excluding diaryl/α,β-unsaturated/α-hetero) is 2. The number of ketones is 2. The molecule has 7 nitrogen and oxygen atoms in total. The first-order chi connectivity index (χ1) is 20.7. The Labute approximate surface area is 262 Å². The molecule has 1 aliphatic rings. The van der Waals surface area contributed by atoms with Crippen LogP contribution in [-0.4, -0.2) is 70.1 Å². The molecule has 1 aliphatic heterocycles. The number of likely N-dealkylation sites (tertiary alicyclic amines) is 1. The molecule has 1 amide bonds. The molecule has 1 atom stereocenters. The lowest BCUT2D eigenvalue weighted by Gasteiger charge is -2.33. The van der Waals surface area contributed by atoms with Crippen LogP contribution in [0, 0.1) is 5.92 Å².